The van der Waals surface area contributed by atoms with E-state index >= 15 is 0 Å². The van der Waals surface area contributed by atoms with E-state index < -0.39 is 5.97 Å². The second-order valence-electron chi connectivity index (χ2n) is 4.36. The zero-order valence-corrected chi connectivity index (χ0v) is 12.5. The Hall–Kier alpha value is -1.73. The van der Waals surface area contributed by atoms with Crippen LogP contribution in [0.2, 0.25) is 5.28 Å². The summed E-state index contributed by atoms with van der Waals surface area (Å²) in [7, 11) is 1.60. The molecule has 0 aromatic carbocycles. The molecule has 0 amide bonds. The Morgan fingerprint density at radius 3 is 2.90 bits per heavy atom. The molecule has 0 atom stereocenters. The SMILES string of the molecule is CN=Cc1nc(Cl)[nH]c(=O)c1CCCCCOCC(=O)O. The smallest absolute Gasteiger partial charge is 0.329 e. The second kappa shape index (κ2) is 9.25. The molecule has 1 heterocycles. The summed E-state index contributed by atoms with van der Waals surface area (Å²) < 4.78 is 4.93. The van der Waals surface area contributed by atoms with E-state index in [9.17, 15) is 9.59 Å². The van der Waals surface area contributed by atoms with Crippen molar-refractivity contribution in [1.29, 1.82) is 0 Å². The number of aromatic amines is 1. The molecule has 0 radical (unpaired) electrons. The van der Waals surface area contributed by atoms with Crippen LogP contribution < -0.4 is 5.56 Å². The van der Waals surface area contributed by atoms with Crippen molar-refractivity contribution in [2.24, 2.45) is 4.99 Å². The van der Waals surface area contributed by atoms with Crippen molar-refractivity contribution >= 4 is 23.8 Å². The van der Waals surface area contributed by atoms with Crippen LogP contribution in [0.5, 0.6) is 0 Å². The highest BCUT2D eigenvalue weighted by Crippen LogP contribution is 2.08. The molecule has 0 saturated carbocycles. The summed E-state index contributed by atoms with van der Waals surface area (Å²) in [5.41, 5.74) is 0.775. The number of hydrogen-bond donors (Lipinski definition) is 2. The van der Waals surface area contributed by atoms with E-state index in [0.717, 1.165) is 19.3 Å². The molecule has 116 valence electrons. The summed E-state index contributed by atoms with van der Waals surface area (Å²) in [6.07, 6.45) is 4.40. The number of halogens is 1. The highest BCUT2D eigenvalue weighted by atomic mass is 35.5. The monoisotopic (exact) mass is 315 g/mol. The third kappa shape index (κ3) is 6.50. The van der Waals surface area contributed by atoms with Crippen molar-refractivity contribution in [2.45, 2.75) is 25.7 Å². The van der Waals surface area contributed by atoms with Gasteiger partial charge in [0.05, 0.1) is 5.69 Å². The van der Waals surface area contributed by atoms with Crippen LogP contribution in [0.25, 0.3) is 0 Å². The largest absolute Gasteiger partial charge is 0.480 e. The highest BCUT2D eigenvalue weighted by Gasteiger charge is 2.09. The number of aromatic nitrogens is 2. The number of nitrogens with one attached hydrogen (secondary N) is 1. The van der Waals surface area contributed by atoms with Crippen molar-refractivity contribution in [3.8, 4) is 0 Å². The maximum Gasteiger partial charge on any atom is 0.329 e. The lowest BCUT2D eigenvalue weighted by atomic mass is 10.1. The fraction of sp³-hybridized carbons (Fsp3) is 0.538. The summed E-state index contributed by atoms with van der Waals surface area (Å²) in [5, 5.41) is 8.45. The van der Waals surface area contributed by atoms with Crippen LogP contribution in [0, 0.1) is 0 Å². The predicted molar refractivity (Wildman–Crippen MR) is 79.4 cm³/mol. The average Bonchev–Trinajstić information content (AvgIpc) is 2.40. The number of carbonyl (C=O) groups is 1. The fourth-order valence-corrected chi connectivity index (χ4v) is 1.98. The number of unbranched alkanes of at least 4 members (excludes halogenated alkanes) is 2. The summed E-state index contributed by atoms with van der Waals surface area (Å²) in [6.45, 7) is 0.114. The van der Waals surface area contributed by atoms with Crippen molar-refractivity contribution in [1.82, 2.24) is 9.97 Å². The van der Waals surface area contributed by atoms with Gasteiger partial charge in [-0.15, -0.1) is 0 Å². The molecule has 0 bridgehead atoms. The molecule has 2 N–H and O–H groups in total. The van der Waals surface area contributed by atoms with Crippen LogP contribution in [0.15, 0.2) is 9.79 Å². The van der Waals surface area contributed by atoms with Gasteiger partial charge >= 0.3 is 5.97 Å². The lowest BCUT2D eigenvalue weighted by Crippen LogP contribution is -2.18. The molecule has 0 saturated heterocycles. The molecule has 8 heteroatoms. The maximum absolute atomic E-state index is 11.8. The standard InChI is InChI=1S/C13H18ClN3O4/c1-15-7-10-9(12(20)17-13(14)16-10)5-3-2-4-6-21-8-11(18)19/h7H,2-6,8H2,1H3,(H,18,19)(H,16,17,20). The first-order valence-electron chi connectivity index (χ1n) is 6.55. The van der Waals surface area contributed by atoms with E-state index in [0.29, 0.717) is 24.3 Å². The van der Waals surface area contributed by atoms with Gasteiger partial charge in [-0.05, 0) is 30.9 Å². The van der Waals surface area contributed by atoms with E-state index in [1.165, 1.54) is 6.21 Å². The van der Waals surface area contributed by atoms with Crippen molar-refractivity contribution < 1.29 is 14.6 Å². The Kier molecular flexibility index (Phi) is 7.63. The molecule has 0 spiro atoms. The molecule has 0 fully saturated rings. The number of ether oxygens (including phenoxy) is 1. The molecule has 0 unspecified atom stereocenters. The van der Waals surface area contributed by atoms with Crippen molar-refractivity contribution in [3.05, 3.63) is 26.9 Å². The Morgan fingerprint density at radius 2 is 2.24 bits per heavy atom. The highest BCUT2D eigenvalue weighted by molar-refractivity contribution is 6.28. The molecule has 1 aromatic heterocycles. The van der Waals surface area contributed by atoms with Gasteiger partial charge in [0.15, 0.2) is 0 Å². The second-order valence-corrected chi connectivity index (χ2v) is 4.72. The normalized spacial score (nSPS) is 11.1. The predicted octanol–water partition coefficient (Wildman–Crippen LogP) is 1.29. The van der Waals surface area contributed by atoms with Crippen molar-refractivity contribution in [3.63, 3.8) is 0 Å². The minimum atomic E-state index is -0.975. The van der Waals surface area contributed by atoms with Gasteiger partial charge in [-0.3, -0.25) is 14.8 Å². The first kappa shape index (κ1) is 17.3. The van der Waals surface area contributed by atoms with Crippen LogP contribution in [0.4, 0.5) is 0 Å². The average molecular weight is 316 g/mol. The molecular weight excluding hydrogens is 298 g/mol. The van der Waals surface area contributed by atoms with Gasteiger partial charge < -0.3 is 9.84 Å². The molecule has 1 aromatic rings. The zero-order valence-electron chi connectivity index (χ0n) is 11.8. The van der Waals surface area contributed by atoms with Crippen LogP contribution in [0.3, 0.4) is 0 Å². The number of rotatable bonds is 9. The number of nitrogens with zero attached hydrogens (tertiary/aromatic N) is 2. The Bertz CT molecular complexity index is 557. The van der Waals surface area contributed by atoms with Crippen molar-refractivity contribution in [2.75, 3.05) is 20.3 Å². The molecule has 0 aliphatic heterocycles. The van der Waals surface area contributed by atoms with Crippen LogP contribution >= 0.6 is 11.6 Å². The van der Waals surface area contributed by atoms with Gasteiger partial charge in [0.1, 0.15) is 6.61 Å². The zero-order chi connectivity index (χ0) is 15.7. The Balaban J connectivity index is 2.45. The number of H-pyrrole nitrogens is 1. The van der Waals surface area contributed by atoms with E-state index in [1.54, 1.807) is 7.05 Å². The maximum atomic E-state index is 11.8. The van der Waals surface area contributed by atoms with E-state index in [-0.39, 0.29) is 17.4 Å². The first-order chi connectivity index (χ1) is 10.0. The van der Waals surface area contributed by atoms with E-state index in [1.807, 2.05) is 0 Å². The van der Waals surface area contributed by atoms with Crippen LogP contribution in [-0.4, -0.2) is 47.5 Å². The third-order valence-corrected chi connectivity index (χ3v) is 2.89. The van der Waals surface area contributed by atoms with Gasteiger partial charge in [-0.2, -0.15) is 0 Å². The minimum Gasteiger partial charge on any atom is -0.480 e. The number of aliphatic imine (C=N–C) groups is 1. The van der Waals surface area contributed by atoms with Gasteiger partial charge in [-0.25, -0.2) is 9.78 Å². The van der Waals surface area contributed by atoms with Gasteiger partial charge in [0, 0.05) is 25.4 Å². The summed E-state index contributed by atoms with van der Waals surface area (Å²) >= 11 is 5.71. The number of hydrogen-bond acceptors (Lipinski definition) is 5. The van der Waals surface area contributed by atoms with E-state index in [4.69, 9.17) is 21.4 Å². The molecule has 21 heavy (non-hydrogen) atoms. The fourth-order valence-electron chi connectivity index (χ4n) is 1.80. The minimum absolute atomic E-state index is 0.0423. The number of carboxylic acids is 1. The van der Waals surface area contributed by atoms with Gasteiger partial charge in [0.25, 0.3) is 5.56 Å². The van der Waals surface area contributed by atoms with E-state index in [2.05, 4.69) is 15.0 Å². The topological polar surface area (TPSA) is 105 Å². The van der Waals surface area contributed by atoms with Crippen LogP contribution in [0.1, 0.15) is 30.5 Å². The molecule has 0 aliphatic rings. The van der Waals surface area contributed by atoms with Gasteiger partial charge in [0.2, 0.25) is 5.28 Å². The lowest BCUT2D eigenvalue weighted by Gasteiger charge is -2.05. The number of carboxylic acid groups (broad SMARTS) is 1. The summed E-state index contributed by atoms with van der Waals surface area (Å²) in [5.74, 6) is -0.975. The van der Waals surface area contributed by atoms with Gasteiger partial charge in [-0.1, -0.05) is 6.42 Å². The Morgan fingerprint density at radius 1 is 1.48 bits per heavy atom. The molecule has 0 aliphatic carbocycles. The molecule has 7 nitrogen and oxygen atoms in total. The lowest BCUT2D eigenvalue weighted by molar-refractivity contribution is -0.142. The summed E-state index contributed by atoms with van der Waals surface area (Å²) in [4.78, 5) is 32.4. The van der Waals surface area contributed by atoms with Crippen LogP contribution in [-0.2, 0) is 16.0 Å². The summed E-state index contributed by atoms with van der Waals surface area (Å²) in [6, 6.07) is 0. The third-order valence-electron chi connectivity index (χ3n) is 2.71. The quantitative estimate of drug-likeness (QED) is 0.406. The first-order valence-corrected chi connectivity index (χ1v) is 6.92. The Labute approximate surface area is 127 Å². The molecular formula is C13H18ClN3O4. The molecule has 1 rings (SSSR count). The number of aliphatic carboxylic acids is 1.